The molecule has 0 unspecified atom stereocenters. The van der Waals surface area contributed by atoms with Gasteiger partial charge in [-0.15, -0.1) is 0 Å². The third-order valence-corrected chi connectivity index (χ3v) is 4.56. The van der Waals surface area contributed by atoms with E-state index in [1.165, 1.54) is 6.07 Å². The molecule has 0 saturated carbocycles. The van der Waals surface area contributed by atoms with Gasteiger partial charge in [0, 0.05) is 11.2 Å². The van der Waals surface area contributed by atoms with E-state index >= 15 is 0 Å². The molecule has 0 aromatic heterocycles. The quantitative estimate of drug-likeness (QED) is 0.510. The van der Waals surface area contributed by atoms with Gasteiger partial charge in [-0.25, -0.2) is 10.2 Å². The molecule has 0 bridgehead atoms. The van der Waals surface area contributed by atoms with E-state index in [1.54, 1.807) is 12.1 Å². The molecule has 0 aliphatic carbocycles. The summed E-state index contributed by atoms with van der Waals surface area (Å²) in [5.41, 5.74) is 3.99. The first-order valence-corrected chi connectivity index (χ1v) is 7.91. The van der Waals surface area contributed by atoms with Crippen LogP contribution in [0.1, 0.15) is 58.4 Å². The van der Waals surface area contributed by atoms with Crippen molar-refractivity contribution >= 4 is 11.6 Å². The van der Waals surface area contributed by atoms with Crippen LogP contribution in [0.4, 0.5) is 10.1 Å². The Morgan fingerprint density at radius 2 is 2.23 bits per heavy atom. The van der Waals surface area contributed by atoms with E-state index < -0.39 is 0 Å². The summed E-state index contributed by atoms with van der Waals surface area (Å²) in [5.74, 6) is 5.20. The van der Waals surface area contributed by atoms with Crippen molar-refractivity contribution in [3.05, 3.63) is 29.6 Å². The molecule has 0 saturated heterocycles. The number of rotatable bonds is 4. The smallest absolute Gasteiger partial charge is 0.256 e. The standard InChI is InChI=1S/C17H26FN3O/c1-5-6-15(16(22)20-19)21-14-8-7-12(18)9-13(14)11(2)10-17(21,3)4/h7-9,11,15H,5-6,10,19H2,1-4H3,(H,20,22)/t11-,15+/m0/s1. The monoisotopic (exact) mass is 307 g/mol. The first-order valence-electron chi connectivity index (χ1n) is 7.91. The predicted octanol–water partition coefficient (Wildman–Crippen LogP) is 3.08. The van der Waals surface area contributed by atoms with Crippen LogP contribution in [0.2, 0.25) is 0 Å². The SMILES string of the molecule is CCC[C@H](C(=O)NN)N1c2ccc(F)cc2[C@@H](C)CC1(C)C. The molecule has 22 heavy (non-hydrogen) atoms. The molecule has 1 amide bonds. The Balaban J connectivity index is 2.56. The molecule has 1 heterocycles. The molecule has 4 nitrogen and oxygen atoms in total. The van der Waals surface area contributed by atoms with Crippen LogP contribution in [-0.2, 0) is 4.79 Å². The van der Waals surface area contributed by atoms with E-state index in [2.05, 4.69) is 31.1 Å². The topological polar surface area (TPSA) is 58.4 Å². The van der Waals surface area contributed by atoms with Crippen LogP contribution in [0.3, 0.4) is 0 Å². The van der Waals surface area contributed by atoms with Gasteiger partial charge in [0.05, 0.1) is 0 Å². The molecule has 0 radical (unpaired) electrons. The van der Waals surface area contributed by atoms with Crippen molar-refractivity contribution in [1.29, 1.82) is 0 Å². The van der Waals surface area contributed by atoms with Crippen LogP contribution < -0.4 is 16.2 Å². The molecule has 2 rings (SSSR count). The minimum absolute atomic E-state index is 0.195. The minimum Gasteiger partial charge on any atom is -0.354 e. The Kier molecular flexibility index (Phi) is 4.75. The van der Waals surface area contributed by atoms with Crippen molar-refractivity contribution in [2.75, 3.05) is 4.90 Å². The van der Waals surface area contributed by atoms with Crippen molar-refractivity contribution in [3.8, 4) is 0 Å². The number of nitrogens with one attached hydrogen (secondary N) is 1. The summed E-state index contributed by atoms with van der Waals surface area (Å²) in [6, 6.07) is 4.49. The van der Waals surface area contributed by atoms with Gasteiger partial charge in [0.1, 0.15) is 11.9 Å². The molecule has 1 aromatic rings. The van der Waals surface area contributed by atoms with E-state index in [0.29, 0.717) is 6.42 Å². The Bertz CT molecular complexity index is 559. The number of anilines is 1. The second-order valence-corrected chi connectivity index (χ2v) is 6.80. The zero-order chi connectivity index (χ0) is 16.5. The molecule has 1 aliphatic rings. The zero-order valence-corrected chi connectivity index (χ0v) is 13.8. The summed E-state index contributed by atoms with van der Waals surface area (Å²) < 4.78 is 13.6. The first-order chi connectivity index (χ1) is 10.3. The highest BCUT2D eigenvalue weighted by Gasteiger charge is 2.42. The molecule has 0 fully saturated rings. The average Bonchev–Trinajstić information content (AvgIpc) is 2.45. The molecule has 1 aliphatic heterocycles. The molecular formula is C17H26FN3O. The maximum atomic E-state index is 13.6. The van der Waals surface area contributed by atoms with Crippen molar-refractivity contribution < 1.29 is 9.18 Å². The van der Waals surface area contributed by atoms with E-state index in [0.717, 1.165) is 24.1 Å². The Morgan fingerprint density at radius 1 is 1.55 bits per heavy atom. The highest BCUT2D eigenvalue weighted by atomic mass is 19.1. The van der Waals surface area contributed by atoms with Gasteiger partial charge in [0.2, 0.25) is 0 Å². The summed E-state index contributed by atoms with van der Waals surface area (Å²) in [6.07, 6.45) is 2.44. The largest absolute Gasteiger partial charge is 0.354 e. The number of halogens is 1. The van der Waals surface area contributed by atoms with Gasteiger partial charge in [-0.2, -0.15) is 0 Å². The van der Waals surface area contributed by atoms with Crippen molar-refractivity contribution in [2.24, 2.45) is 5.84 Å². The molecule has 5 heteroatoms. The second kappa shape index (κ2) is 6.24. The van der Waals surface area contributed by atoms with Gasteiger partial charge in [-0.1, -0.05) is 20.3 Å². The van der Waals surface area contributed by atoms with Crippen LogP contribution in [0.15, 0.2) is 18.2 Å². The van der Waals surface area contributed by atoms with E-state index in [1.807, 2.05) is 6.92 Å². The summed E-state index contributed by atoms with van der Waals surface area (Å²) in [5, 5.41) is 0. The second-order valence-electron chi connectivity index (χ2n) is 6.80. The van der Waals surface area contributed by atoms with E-state index in [4.69, 9.17) is 5.84 Å². The number of nitrogens with zero attached hydrogens (tertiary/aromatic N) is 1. The van der Waals surface area contributed by atoms with Crippen LogP contribution in [0.5, 0.6) is 0 Å². The van der Waals surface area contributed by atoms with Crippen LogP contribution in [0, 0.1) is 5.82 Å². The van der Waals surface area contributed by atoms with Crippen LogP contribution >= 0.6 is 0 Å². The molecule has 1 aromatic carbocycles. The minimum atomic E-state index is -0.346. The number of nitrogens with two attached hydrogens (primary N) is 1. The van der Waals surface area contributed by atoms with Gasteiger partial charge in [-0.05, 0) is 56.4 Å². The summed E-state index contributed by atoms with van der Waals surface area (Å²) in [7, 11) is 0. The van der Waals surface area contributed by atoms with Gasteiger partial charge in [0.15, 0.2) is 0 Å². The molecular weight excluding hydrogens is 281 g/mol. The lowest BCUT2D eigenvalue weighted by atomic mass is 9.78. The third kappa shape index (κ3) is 2.95. The first kappa shape index (κ1) is 16.7. The van der Waals surface area contributed by atoms with Gasteiger partial charge in [-0.3, -0.25) is 10.2 Å². The molecule has 122 valence electrons. The number of amides is 1. The molecule has 3 N–H and O–H groups in total. The van der Waals surface area contributed by atoms with E-state index in [-0.39, 0.29) is 29.2 Å². The normalized spacial score (nSPS) is 21.2. The van der Waals surface area contributed by atoms with Crippen molar-refractivity contribution in [2.45, 2.75) is 64.5 Å². The van der Waals surface area contributed by atoms with Crippen LogP contribution in [0.25, 0.3) is 0 Å². The maximum absolute atomic E-state index is 13.6. The zero-order valence-electron chi connectivity index (χ0n) is 13.8. The van der Waals surface area contributed by atoms with Gasteiger partial charge in [0.25, 0.3) is 5.91 Å². The fourth-order valence-corrected chi connectivity index (χ4v) is 3.76. The van der Waals surface area contributed by atoms with E-state index in [9.17, 15) is 9.18 Å². The third-order valence-electron chi connectivity index (χ3n) is 4.56. The van der Waals surface area contributed by atoms with Crippen molar-refractivity contribution in [3.63, 3.8) is 0 Å². The number of carbonyl (C=O) groups is 1. The fraction of sp³-hybridized carbons (Fsp3) is 0.588. The number of hydrazine groups is 1. The Morgan fingerprint density at radius 3 is 2.82 bits per heavy atom. The van der Waals surface area contributed by atoms with Gasteiger partial charge < -0.3 is 4.90 Å². The van der Waals surface area contributed by atoms with Crippen molar-refractivity contribution in [1.82, 2.24) is 5.43 Å². The lowest BCUT2D eigenvalue weighted by Gasteiger charge is -2.50. The highest BCUT2D eigenvalue weighted by Crippen LogP contribution is 2.45. The number of fused-ring (bicyclic) bond motifs is 1. The fourth-order valence-electron chi connectivity index (χ4n) is 3.76. The highest BCUT2D eigenvalue weighted by molar-refractivity contribution is 5.86. The lowest BCUT2D eigenvalue weighted by molar-refractivity contribution is -0.123. The number of hydrogen-bond acceptors (Lipinski definition) is 3. The van der Waals surface area contributed by atoms with Crippen LogP contribution in [-0.4, -0.2) is 17.5 Å². The summed E-state index contributed by atoms with van der Waals surface area (Å²) in [6.45, 7) is 8.40. The van der Waals surface area contributed by atoms with Gasteiger partial charge >= 0.3 is 0 Å². The number of carbonyl (C=O) groups excluding carboxylic acids is 1. The molecule has 2 atom stereocenters. The Labute approximate surface area is 131 Å². The summed E-state index contributed by atoms with van der Waals surface area (Å²) in [4.78, 5) is 14.4. The lowest BCUT2D eigenvalue weighted by Crippen LogP contribution is -2.59. The summed E-state index contributed by atoms with van der Waals surface area (Å²) >= 11 is 0. The maximum Gasteiger partial charge on any atom is 0.256 e. The number of benzene rings is 1. The predicted molar refractivity (Wildman–Crippen MR) is 87.0 cm³/mol. The average molecular weight is 307 g/mol. The number of hydrogen-bond donors (Lipinski definition) is 2. The Hall–Kier alpha value is -1.62. The molecule has 0 spiro atoms.